The number of nitrogens with two attached hydrogens (primary N) is 1. The second kappa shape index (κ2) is 13.4. The maximum Gasteiger partial charge on any atom is 0.239 e. The van der Waals surface area contributed by atoms with Gasteiger partial charge in [-0.1, -0.05) is 27.2 Å². The Kier molecular flexibility index (Phi) is 12.9. The number of nitrogens with one attached hydrogen (secondary N) is 1. The zero-order valence-electron chi connectivity index (χ0n) is 16.1. The minimum absolute atomic E-state index is 0. The van der Waals surface area contributed by atoms with Crippen LogP contribution >= 0.6 is 12.4 Å². The standard InChI is InChI=1S/C18H36N4O2.ClH/c1-4-8-16(19)18(24)22-13-9-15(10-14-22)17(23)20-11-7-12-21(5-2)6-3;/h15-16H,4-14,19H2,1-3H3,(H,20,23);1H. The van der Waals surface area contributed by atoms with Crippen molar-refractivity contribution in [1.82, 2.24) is 15.1 Å². The molecule has 0 bridgehead atoms. The minimum Gasteiger partial charge on any atom is -0.356 e. The SMILES string of the molecule is CCCC(N)C(=O)N1CCC(C(=O)NCCCN(CC)CC)CC1.Cl. The summed E-state index contributed by atoms with van der Waals surface area (Å²) in [5.74, 6) is 0.208. The first kappa shape index (κ1) is 24.1. The van der Waals surface area contributed by atoms with Gasteiger partial charge in [-0.2, -0.15) is 0 Å². The van der Waals surface area contributed by atoms with Crippen molar-refractivity contribution in [3.8, 4) is 0 Å². The lowest BCUT2D eigenvalue weighted by Gasteiger charge is -2.33. The van der Waals surface area contributed by atoms with Gasteiger partial charge in [0, 0.05) is 25.6 Å². The van der Waals surface area contributed by atoms with Gasteiger partial charge in [0.1, 0.15) is 0 Å². The van der Waals surface area contributed by atoms with Crippen molar-refractivity contribution in [2.45, 2.75) is 58.9 Å². The second-order valence-electron chi connectivity index (χ2n) is 6.67. The molecule has 0 radical (unpaired) electrons. The van der Waals surface area contributed by atoms with Crippen molar-refractivity contribution >= 4 is 24.2 Å². The number of piperidine rings is 1. The lowest BCUT2D eigenvalue weighted by atomic mass is 9.95. The molecular weight excluding hydrogens is 340 g/mol. The van der Waals surface area contributed by atoms with Crippen LogP contribution in [0.2, 0.25) is 0 Å². The Hall–Kier alpha value is -0.850. The van der Waals surface area contributed by atoms with Crippen molar-refractivity contribution in [3.63, 3.8) is 0 Å². The van der Waals surface area contributed by atoms with Gasteiger partial charge >= 0.3 is 0 Å². The van der Waals surface area contributed by atoms with E-state index in [4.69, 9.17) is 5.73 Å². The number of nitrogens with zero attached hydrogens (tertiary/aromatic N) is 2. The van der Waals surface area contributed by atoms with E-state index >= 15 is 0 Å². The molecule has 0 aliphatic carbocycles. The summed E-state index contributed by atoms with van der Waals surface area (Å²) in [6.07, 6.45) is 4.11. The molecule has 148 valence electrons. The molecule has 1 unspecified atom stereocenters. The molecule has 1 rings (SSSR count). The van der Waals surface area contributed by atoms with Crippen LogP contribution in [-0.2, 0) is 9.59 Å². The van der Waals surface area contributed by atoms with E-state index in [0.29, 0.717) is 13.1 Å². The summed E-state index contributed by atoms with van der Waals surface area (Å²) in [7, 11) is 0. The molecule has 7 heteroatoms. The van der Waals surface area contributed by atoms with Crippen LogP contribution in [0.15, 0.2) is 0 Å². The maximum atomic E-state index is 12.2. The molecule has 6 nitrogen and oxygen atoms in total. The molecule has 0 saturated carbocycles. The predicted molar refractivity (Wildman–Crippen MR) is 105 cm³/mol. The first-order chi connectivity index (χ1) is 11.5. The molecule has 1 aliphatic heterocycles. The van der Waals surface area contributed by atoms with Crippen LogP contribution in [0.5, 0.6) is 0 Å². The Bertz CT molecular complexity index is 383. The Balaban J connectivity index is 0.00000576. The van der Waals surface area contributed by atoms with E-state index in [2.05, 4.69) is 24.1 Å². The Morgan fingerprint density at radius 2 is 1.80 bits per heavy atom. The van der Waals surface area contributed by atoms with Gasteiger partial charge in [-0.3, -0.25) is 9.59 Å². The molecule has 3 N–H and O–H groups in total. The van der Waals surface area contributed by atoms with Crippen LogP contribution in [-0.4, -0.2) is 66.9 Å². The number of halogens is 1. The van der Waals surface area contributed by atoms with E-state index in [-0.39, 0.29) is 36.2 Å². The molecule has 1 atom stereocenters. The highest BCUT2D eigenvalue weighted by Crippen LogP contribution is 2.18. The molecule has 0 spiro atoms. The molecule has 1 saturated heterocycles. The molecule has 25 heavy (non-hydrogen) atoms. The lowest BCUT2D eigenvalue weighted by molar-refractivity contribution is -0.136. The smallest absolute Gasteiger partial charge is 0.239 e. The highest BCUT2D eigenvalue weighted by atomic mass is 35.5. The van der Waals surface area contributed by atoms with Crippen LogP contribution in [0.25, 0.3) is 0 Å². The molecule has 1 fully saturated rings. The normalized spacial score (nSPS) is 16.4. The fraction of sp³-hybridized carbons (Fsp3) is 0.889. The minimum atomic E-state index is -0.388. The summed E-state index contributed by atoms with van der Waals surface area (Å²) in [5.41, 5.74) is 5.91. The zero-order chi connectivity index (χ0) is 17.9. The molecule has 0 aromatic carbocycles. The molecule has 0 aromatic heterocycles. The average molecular weight is 377 g/mol. The largest absolute Gasteiger partial charge is 0.356 e. The molecular formula is C18H37ClN4O2. The number of hydrogen-bond donors (Lipinski definition) is 2. The predicted octanol–water partition coefficient (Wildman–Crippen LogP) is 1.62. The van der Waals surface area contributed by atoms with Gasteiger partial charge in [0.25, 0.3) is 0 Å². The quantitative estimate of drug-likeness (QED) is 0.568. The van der Waals surface area contributed by atoms with Gasteiger partial charge in [-0.15, -0.1) is 12.4 Å². The lowest BCUT2D eigenvalue weighted by Crippen LogP contribution is -2.49. The number of rotatable bonds is 10. The molecule has 1 aliphatic rings. The van der Waals surface area contributed by atoms with Gasteiger partial charge in [-0.25, -0.2) is 0 Å². The van der Waals surface area contributed by atoms with Crippen molar-refractivity contribution in [3.05, 3.63) is 0 Å². The van der Waals surface area contributed by atoms with Crippen molar-refractivity contribution in [1.29, 1.82) is 0 Å². The summed E-state index contributed by atoms with van der Waals surface area (Å²) in [6.45, 7) is 11.5. The Morgan fingerprint density at radius 3 is 2.32 bits per heavy atom. The highest BCUT2D eigenvalue weighted by molar-refractivity contribution is 5.85. The van der Waals surface area contributed by atoms with E-state index in [0.717, 1.165) is 58.3 Å². The molecule has 1 heterocycles. The summed E-state index contributed by atoms with van der Waals surface area (Å²) in [6, 6.07) is -0.388. The number of carbonyl (C=O) groups excluding carboxylic acids is 2. The van der Waals surface area contributed by atoms with Crippen LogP contribution in [0.1, 0.15) is 52.9 Å². The van der Waals surface area contributed by atoms with E-state index in [1.54, 1.807) is 0 Å². The summed E-state index contributed by atoms with van der Waals surface area (Å²) >= 11 is 0. The fourth-order valence-corrected chi connectivity index (χ4v) is 3.23. The van der Waals surface area contributed by atoms with E-state index in [1.165, 1.54) is 0 Å². The van der Waals surface area contributed by atoms with E-state index in [1.807, 2.05) is 11.8 Å². The number of amides is 2. The summed E-state index contributed by atoms with van der Waals surface area (Å²) in [4.78, 5) is 28.6. The Labute approximate surface area is 159 Å². The van der Waals surface area contributed by atoms with Gasteiger partial charge in [-0.05, 0) is 45.3 Å². The van der Waals surface area contributed by atoms with Crippen molar-refractivity contribution in [2.24, 2.45) is 11.7 Å². The maximum absolute atomic E-state index is 12.2. The highest BCUT2D eigenvalue weighted by Gasteiger charge is 2.29. The first-order valence-electron chi connectivity index (χ1n) is 9.57. The zero-order valence-corrected chi connectivity index (χ0v) is 16.9. The van der Waals surface area contributed by atoms with Gasteiger partial charge in [0.15, 0.2) is 0 Å². The number of likely N-dealkylation sites (tertiary alicyclic amines) is 1. The number of carbonyl (C=O) groups is 2. The van der Waals surface area contributed by atoms with E-state index in [9.17, 15) is 9.59 Å². The van der Waals surface area contributed by atoms with Gasteiger partial charge in [0.05, 0.1) is 6.04 Å². The molecule has 0 aromatic rings. The van der Waals surface area contributed by atoms with Crippen LogP contribution in [0.3, 0.4) is 0 Å². The van der Waals surface area contributed by atoms with Crippen molar-refractivity contribution < 1.29 is 9.59 Å². The van der Waals surface area contributed by atoms with Gasteiger partial charge < -0.3 is 20.9 Å². The Morgan fingerprint density at radius 1 is 1.20 bits per heavy atom. The van der Waals surface area contributed by atoms with Crippen LogP contribution in [0.4, 0.5) is 0 Å². The van der Waals surface area contributed by atoms with Crippen molar-refractivity contribution in [2.75, 3.05) is 39.3 Å². The third kappa shape index (κ3) is 8.38. The molecule has 2 amide bonds. The number of hydrogen-bond acceptors (Lipinski definition) is 4. The third-order valence-corrected chi connectivity index (χ3v) is 4.94. The summed E-state index contributed by atoms with van der Waals surface area (Å²) < 4.78 is 0. The first-order valence-corrected chi connectivity index (χ1v) is 9.57. The monoisotopic (exact) mass is 376 g/mol. The second-order valence-corrected chi connectivity index (χ2v) is 6.67. The summed E-state index contributed by atoms with van der Waals surface area (Å²) in [5, 5.41) is 3.05. The average Bonchev–Trinajstić information content (AvgIpc) is 2.61. The third-order valence-electron chi connectivity index (χ3n) is 4.94. The fourth-order valence-electron chi connectivity index (χ4n) is 3.23. The topological polar surface area (TPSA) is 78.7 Å². The van der Waals surface area contributed by atoms with E-state index < -0.39 is 0 Å². The van der Waals surface area contributed by atoms with Crippen LogP contribution < -0.4 is 11.1 Å². The van der Waals surface area contributed by atoms with Gasteiger partial charge in [0.2, 0.25) is 11.8 Å². The van der Waals surface area contributed by atoms with Crippen LogP contribution in [0, 0.1) is 5.92 Å².